The van der Waals surface area contributed by atoms with Crippen molar-refractivity contribution in [3.63, 3.8) is 0 Å². The van der Waals surface area contributed by atoms with E-state index in [-0.39, 0.29) is 5.91 Å². The first-order chi connectivity index (χ1) is 19.5. The molecule has 0 aliphatic heterocycles. The second kappa shape index (κ2) is 15.3. The van der Waals surface area contributed by atoms with Gasteiger partial charge in [0.25, 0.3) is 5.91 Å². The Balaban J connectivity index is 1.42. The van der Waals surface area contributed by atoms with Gasteiger partial charge in [-0.25, -0.2) is 0 Å². The van der Waals surface area contributed by atoms with Gasteiger partial charge in [-0.2, -0.15) is 0 Å². The van der Waals surface area contributed by atoms with Crippen LogP contribution in [0.5, 0.6) is 5.75 Å². The number of benzene rings is 3. The minimum Gasteiger partial charge on any atom is -0.493 e. The lowest BCUT2D eigenvalue weighted by atomic mass is 9.86. The quantitative estimate of drug-likeness (QED) is 0.246. The summed E-state index contributed by atoms with van der Waals surface area (Å²) in [6.07, 6.45) is 10.8. The average Bonchev–Trinajstić information content (AvgIpc) is 2.95. The SMILES string of the molecule is CCCOc1ccc(C[C@@H](Cc2ccccc2)C(=O)O)cc1CNC(=O)c1ccc(C2CCCCCCC2)cc1. The molecule has 0 bridgehead atoms. The Morgan fingerprint density at radius 2 is 1.55 bits per heavy atom. The van der Waals surface area contributed by atoms with Crippen LogP contribution in [0.15, 0.2) is 72.8 Å². The fourth-order valence-electron chi connectivity index (χ4n) is 5.65. The summed E-state index contributed by atoms with van der Waals surface area (Å²) < 4.78 is 5.96. The molecule has 1 fully saturated rings. The second-order valence-corrected chi connectivity index (χ2v) is 11.1. The minimum absolute atomic E-state index is 0.122. The van der Waals surface area contributed by atoms with Crippen LogP contribution in [0.2, 0.25) is 0 Å². The lowest BCUT2D eigenvalue weighted by Crippen LogP contribution is -2.23. The molecule has 3 aromatic carbocycles. The Kier molecular flexibility index (Phi) is 11.2. The molecule has 1 aliphatic rings. The van der Waals surface area contributed by atoms with Gasteiger partial charge < -0.3 is 15.2 Å². The normalized spacial score (nSPS) is 15.0. The van der Waals surface area contributed by atoms with E-state index in [1.807, 2.05) is 60.7 Å². The number of carboxylic acids is 1. The van der Waals surface area contributed by atoms with E-state index in [1.165, 1.54) is 50.5 Å². The standard InChI is InChI=1S/C35H43NO4/c1-2-21-40-33-20-15-27(23-31(35(38)39)22-26-11-7-6-8-12-26)24-32(33)25-36-34(37)30-18-16-29(17-19-30)28-13-9-4-3-5-10-14-28/h6-8,11-12,15-20,24,28,31H,2-5,9-10,13-14,21-23,25H2,1H3,(H,36,37)(H,38,39)/t31-/m1/s1. The Bertz CT molecular complexity index is 1210. The molecule has 40 heavy (non-hydrogen) atoms. The number of amides is 1. The fourth-order valence-corrected chi connectivity index (χ4v) is 5.65. The topological polar surface area (TPSA) is 75.6 Å². The molecule has 0 aromatic heterocycles. The maximum atomic E-state index is 13.1. The summed E-state index contributed by atoms with van der Waals surface area (Å²) in [6, 6.07) is 23.7. The fraction of sp³-hybridized carbons (Fsp3) is 0.429. The number of hydrogen-bond acceptors (Lipinski definition) is 3. The zero-order valence-corrected chi connectivity index (χ0v) is 23.7. The van der Waals surface area contributed by atoms with Crippen molar-refractivity contribution in [3.8, 4) is 5.75 Å². The number of rotatable bonds is 12. The predicted octanol–water partition coefficient (Wildman–Crippen LogP) is 7.72. The Hall–Kier alpha value is -3.60. The van der Waals surface area contributed by atoms with Crippen molar-refractivity contribution in [1.29, 1.82) is 0 Å². The third-order valence-corrected chi connectivity index (χ3v) is 7.93. The lowest BCUT2D eigenvalue weighted by molar-refractivity contribution is -0.141. The van der Waals surface area contributed by atoms with Crippen LogP contribution in [0.25, 0.3) is 0 Å². The largest absolute Gasteiger partial charge is 0.493 e. The van der Waals surface area contributed by atoms with Gasteiger partial charge in [0.1, 0.15) is 5.75 Å². The molecule has 1 atom stereocenters. The van der Waals surface area contributed by atoms with Crippen molar-refractivity contribution in [2.45, 2.75) is 83.6 Å². The molecule has 4 rings (SSSR count). The number of ether oxygens (including phenoxy) is 1. The van der Waals surface area contributed by atoms with E-state index in [0.29, 0.717) is 37.5 Å². The van der Waals surface area contributed by atoms with Crippen molar-refractivity contribution in [2.75, 3.05) is 6.61 Å². The number of nitrogens with one attached hydrogen (secondary N) is 1. The summed E-state index contributed by atoms with van der Waals surface area (Å²) in [4.78, 5) is 25.1. The molecule has 0 spiro atoms. The molecule has 0 unspecified atom stereocenters. The molecular weight excluding hydrogens is 498 g/mol. The van der Waals surface area contributed by atoms with Crippen LogP contribution in [-0.4, -0.2) is 23.6 Å². The summed E-state index contributed by atoms with van der Waals surface area (Å²) in [5.41, 5.74) is 4.76. The molecule has 5 heteroatoms. The Morgan fingerprint density at radius 3 is 2.23 bits per heavy atom. The van der Waals surface area contributed by atoms with Gasteiger partial charge in [0.2, 0.25) is 0 Å². The summed E-state index contributed by atoms with van der Waals surface area (Å²) in [5.74, 6) is -0.157. The predicted molar refractivity (Wildman–Crippen MR) is 160 cm³/mol. The van der Waals surface area contributed by atoms with E-state index in [2.05, 4.69) is 24.4 Å². The van der Waals surface area contributed by atoms with Gasteiger partial charge in [-0.05, 0) is 72.9 Å². The highest BCUT2D eigenvalue weighted by Crippen LogP contribution is 2.31. The van der Waals surface area contributed by atoms with Crippen LogP contribution in [0, 0.1) is 5.92 Å². The molecule has 1 saturated carbocycles. The first kappa shape index (κ1) is 29.4. The first-order valence-corrected chi connectivity index (χ1v) is 14.9. The summed E-state index contributed by atoms with van der Waals surface area (Å²) >= 11 is 0. The van der Waals surface area contributed by atoms with Gasteiger partial charge in [-0.15, -0.1) is 0 Å². The van der Waals surface area contributed by atoms with E-state index < -0.39 is 11.9 Å². The first-order valence-electron chi connectivity index (χ1n) is 14.9. The maximum Gasteiger partial charge on any atom is 0.307 e. The van der Waals surface area contributed by atoms with Crippen LogP contribution >= 0.6 is 0 Å². The van der Waals surface area contributed by atoms with Crippen molar-refractivity contribution in [1.82, 2.24) is 5.32 Å². The summed E-state index contributed by atoms with van der Waals surface area (Å²) in [7, 11) is 0. The molecule has 3 aromatic rings. The van der Waals surface area contributed by atoms with E-state index in [0.717, 1.165) is 28.9 Å². The molecule has 1 aliphatic carbocycles. The Morgan fingerprint density at radius 1 is 0.875 bits per heavy atom. The van der Waals surface area contributed by atoms with Crippen LogP contribution in [0.3, 0.4) is 0 Å². The van der Waals surface area contributed by atoms with Crippen molar-refractivity contribution in [3.05, 3.63) is 101 Å². The van der Waals surface area contributed by atoms with Crippen LogP contribution in [0.4, 0.5) is 0 Å². The summed E-state index contributed by atoms with van der Waals surface area (Å²) in [6.45, 7) is 2.94. The molecule has 2 N–H and O–H groups in total. The van der Waals surface area contributed by atoms with Gasteiger partial charge in [-0.3, -0.25) is 9.59 Å². The second-order valence-electron chi connectivity index (χ2n) is 11.1. The van der Waals surface area contributed by atoms with Crippen molar-refractivity contribution < 1.29 is 19.4 Å². The highest BCUT2D eigenvalue weighted by Gasteiger charge is 2.20. The van der Waals surface area contributed by atoms with Gasteiger partial charge in [0.15, 0.2) is 0 Å². The zero-order chi connectivity index (χ0) is 28.2. The average molecular weight is 542 g/mol. The highest BCUT2D eigenvalue weighted by molar-refractivity contribution is 5.94. The van der Waals surface area contributed by atoms with Gasteiger partial charge in [0.05, 0.1) is 12.5 Å². The number of carbonyl (C=O) groups excluding carboxylic acids is 1. The molecular formula is C35H43NO4. The monoisotopic (exact) mass is 541 g/mol. The number of hydrogen-bond donors (Lipinski definition) is 2. The summed E-state index contributed by atoms with van der Waals surface area (Å²) in [5, 5.41) is 12.9. The van der Waals surface area contributed by atoms with Crippen LogP contribution in [0.1, 0.15) is 96.8 Å². The third kappa shape index (κ3) is 8.70. The smallest absolute Gasteiger partial charge is 0.307 e. The van der Waals surface area contributed by atoms with Crippen LogP contribution < -0.4 is 10.1 Å². The van der Waals surface area contributed by atoms with Crippen molar-refractivity contribution in [2.24, 2.45) is 5.92 Å². The van der Waals surface area contributed by atoms with E-state index in [9.17, 15) is 14.7 Å². The van der Waals surface area contributed by atoms with Gasteiger partial charge in [-0.1, -0.05) is 93.6 Å². The van der Waals surface area contributed by atoms with Gasteiger partial charge in [0, 0.05) is 17.7 Å². The number of aliphatic carboxylic acids is 1. The molecule has 0 saturated heterocycles. The zero-order valence-electron chi connectivity index (χ0n) is 23.7. The lowest BCUT2D eigenvalue weighted by Gasteiger charge is -2.20. The van der Waals surface area contributed by atoms with E-state index in [4.69, 9.17) is 4.74 Å². The maximum absolute atomic E-state index is 13.1. The molecule has 1 amide bonds. The number of carbonyl (C=O) groups is 2. The Labute approximate surface area is 239 Å². The van der Waals surface area contributed by atoms with Crippen LogP contribution in [-0.2, 0) is 24.2 Å². The highest BCUT2D eigenvalue weighted by atomic mass is 16.5. The minimum atomic E-state index is -0.812. The van der Waals surface area contributed by atoms with E-state index >= 15 is 0 Å². The number of carboxylic acid groups (broad SMARTS) is 1. The third-order valence-electron chi connectivity index (χ3n) is 7.93. The molecule has 5 nitrogen and oxygen atoms in total. The molecule has 212 valence electrons. The van der Waals surface area contributed by atoms with E-state index in [1.54, 1.807) is 0 Å². The van der Waals surface area contributed by atoms with Gasteiger partial charge >= 0.3 is 5.97 Å². The molecule has 0 radical (unpaired) electrons. The van der Waals surface area contributed by atoms with Crippen molar-refractivity contribution >= 4 is 11.9 Å². The molecule has 0 heterocycles.